The molecular formula is C12H13ClO. The Balaban J connectivity index is 2.14. The maximum absolute atomic E-state index is 11.3. The molecule has 0 unspecified atom stereocenters. The molecule has 74 valence electrons. The molecule has 1 atom stereocenters. The van der Waals surface area contributed by atoms with E-state index in [0.717, 1.165) is 24.3 Å². The predicted molar refractivity (Wildman–Crippen MR) is 57.7 cm³/mol. The first kappa shape index (κ1) is 9.72. The number of halogens is 1. The summed E-state index contributed by atoms with van der Waals surface area (Å²) in [5.74, 6) is 0.824. The standard InChI is InChI=1S/C12H13ClO/c13-11-6-4-9(5-7-11)10-2-1-3-12(14)8-10/h4-7,10H,1-3,8H2/t10-/m1/s1. The summed E-state index contributed by atoms with van der Waals surface area (Å²) in [6.07, 6.45) is 3.64. The van der Waals surface area contributed by atoms with Crippen molar-refractivity contribution in [2.24, 2.45) is 0 Å². The summed E-state index contributed by atoms with van der Waals surface area (Å²) in [4.78, 5) is 11.3. The van der Waals surface area contributed by atoms with Crippen LogP contribution in [-0.4, -0.2) is 5.78 Å². The Morgan fingerprint density at radius 2 is 1.93 bits per heavy atom. The van der Waals surface area contributed by atoms with Crippen LogP contribution in [0.4, 0.5) is 0 Å². The van der Waals surface area contributed by atoms with Gasteiger partial charge >= 0.3 is 0 Å². The van der Waals surface area contributed by atoms with Crippen molar-refractivity contribution in [2.75, 3.05) is 0 Å². The van der Waals surface area contributed by atoms with E-state index >= 15 is 0 Å². The molecule has 0 saturated heterocycles. The molecule has 1 aliphatic rings. The number of Topliss-reactive ketones (excluding diaryl/α,β-unsaturated/α-hetero) is 1. The van der Waals surface area contributed by atoms with Crippen molar-refractivity contribution in [3.63, 3.8) is 0 Å². The molecule has 0 heterocycles. The molecule has 1 nitrogen and oxygen atoms in total. The number of hydrogen-bond donors (Lipinski definition) is 0. The van der Waals surface area contributed by atoms with Crippen LogP contribution in [0.25, 0.3) is 0 Å². The lowest BCUT2D eigenvalue weighted by Crippen LogP contribution is -2.13. The molecule has 0 aromatic heterocycles. The number of benzene rings is 1. The number of ketones is 1. The van der Waals surface area contributed by atoms with Crippen molar-refractivity contribution in [2.45, 2.75) is 31.6 Å². The fourth-order valence-electron chi connectivity index (χ4n) is 2.04. The van der Waals surface area contributed by atoms with Gasteiger partial charge in [-0.25, -0.2) is 0 Å². The van der Waals surface area contributed by atoms with Gasteiger partial charge in [0.05, 0.1) is 0 Å². The maximum Gasteiger partial charge on any atom is 0.133 e. The second kappa shape index (κ2) is 4.14. The molecule has 1 saturated carbocycles. The number of rotatable bonds is 1. The van der Waals surface area contributed by atoms with Gasteiger partial charge in [0.1, 0.15) is 5.78 Å². The minimum absolute atomic E-state index is 0.399. The lowest BCUT2D eigenvalue weighted by atomic mass is 9.83. The summed E-state index contributed by atoms with van der Waals surface area (Å²) in [7, 11) is 0. The van der Waals surface area contributed by atoms with Crippen LogP contribution in [0.2, 0.25) is 5.02 Å². The number of hydrogen-bond acceptors (Lipinski definition) is 1. The summed E-state index contributed by atoms with van der Waals surface area (Å²) in [5, 5.41) is 0.760. The molecule has 1 aromatic carbocycles. The molecule has 14 heavy (non-hydrogen) atoms. The van der Waals surface area contributed by atoms with Crippen LogP contribution in [0.1, 0.15) is 37.2 Å². The van der Waals surface area contributed by atoms with E-state index in [-0.39, 0.29) is 0 Å². The van der Waals surface area contributed by atoms with Crippen LogP contribution >= 0.6 is 11.6 Å². The van der Waals surface area contributed by atoms with Crippen molar-refractivity contribution < 1.29 is 4.79 Å². The van der Waals surface area contributed by atoms with E-state index in [1.165, 1.54) is 5.56 Å². The Kier molecular flexibility index (Phi) is 2.87. The zero-order valence-electron chi connectivity index (χ0n) is 8.00. The predicted octanol–water partition coefficient (Wildman–Crippen LogP) is 3.57. The highest BCUT2D eigenvalue weighted by molar-refractivity contribution is 6.30. The highest BCUT2D eigenvalue weighted by Gasteiger charge is 2.20. The van der Waals surface area contributed by atoms with Gasteiger partial charge in [0, 0.05) is 17.9 Å². The molecule has 1 aliphatic carbocycles. The summed E-state index contributed by atoms with van der Waals surface area (Å²) in [6, 6.07) is 7.86. The van der Waals surface area contributed by atoms with Crippen molar-refractivity contribution in [1.29, 1.82) is 0 Å². The highest BCUT2D eigenvalue weighted by Crippen LogP contribution is 2.31. The second-order valence-corrected chi connectivity index (χ2v) is 4.32. The normalized spacial score (nSPS) is 22.4. The minimum atomic E-state index is 0.399. The molecule has 0 radical (unpaired) electrons. The molecule has 0 aliphatic heterocycles. The molecule has 0 bridgehead atoms. The van der Waals surface area contributed by atoms with Gasteiger partial charge in [-0.15, -0.1) is 0 Å². The van der Waals surface area contributed by atoms with E-state index in [4.69, 9.17) is 11.6 Å². The number of carbonyl (C=O) groups excluding carboxylic acids is 1. The zero-order chi connectivity index (χ0) is 9.97. The average Bonchev–Trinajstić information content (AvgIpc) is 2.19. The molecule has 1 fully saturated rings. The summed E-state index contributed by atoms with van der Waals surface area (Å²) >= 11 is 5.81. The van der Waals surface area contributed by atoms with Crippen molar-refractivity contribution in [3.05, 3.63) is 34.9 Å². The lowest BCUT2D eigenvalue weighted by Gasteiger charge is -2.20. The summed E-state index contributed by atoms with van der Waals surface area (Å²) in [6.45, 7) is 0. The Labute approximate surface area is 89.1 Å². The molecular weight excluding hydrogens is 196 g/mol. The zero-order valence-corrected chi connectivity index (χ0v) is 8.76. The molecule has 2 heteroatoms. The van der Waals surface area contributed by atoms with Crippen LogP contribution in [0.3, 0.4) is 0 Å². The third-order valence-corrected chi connectivity index (χ3v) is 3.08. The smallest absolute Gasteiger partial charge is 0.133 e. The number of carbonyl (C=O) groups is 1. The average molecular weight is 209 g/mol. The lowest BCUT2D eigenvalue weighted by molar-refractivity contribution is -0.120. The van der Waals surface area contributed by atoms with Gasteiger partial charge in [0.15, 0.2) is 0 Å². The van der Waals surface area contributed by atoms with Gasteiger partial charge in [-0.05, 0) is 36.5 Å². The van der Waals surface area contributed by atoms with Crippen molar-refractivity contribution >= 4 is 17.4 Å². The second-order valence-electron chi connectivity index (χ2n) is 3.88. The van der Waals surface area contributed by atoms with E-state index < -0.39 is 0 Å². The van der Waals surface area contributed by atoms with Gasteiger partial charge in [-0.1, -0.05) is 23.7 Å². The highest BCUT2D eigenvalue weighted by atomic mass is 35.5. The van der Waals surface area contributed by atoms with Crippen molar-refractivity contribution in [1.82, 2.24) is 0 Å². The maximum atomic E-state index is 11.3. The summed E-state index contributed by atoms with van der Waals surface area (Å²) < 4.78 is 0. The third kappa shape index (κ3) is 2.16. The van der Waals surface area contributed by atoms with E-state index in [2.05, 4.69) is 0 Å². The minimum Gasteiger partial charge on any atom is -0.300 e. The largest absolute Gasteiger partial charge is 0.300 e. The molecule has 1 aromatic rings. The van der Waals surface area contributed by atoms with Gasteiger partial charge in [-0.2, -0.15) is 0 Å². The monoisotopic (exact) mass is 208 g/mol. The topological polar surface area (TPSA) is 17.1 Å². The van der Waals surface area contributed by atoms with Gasteiger partial charge < -0.3 is 0 Å². The Morgan fingerprint density at radius 1 is 1.21 bits per heavy atom. The van der Waals surface area contributed by atoms with Crippen LogP contribution in [0, 0.1) is 0 Å². The Hall–Kier alpha value is -0.820. The summed E-state index contributed by atoms with van der Waals surface area (Å²) in [5.41, 5.74) is 1.25. The van der Waals surface area contributed by atoms with Gasteiger partial charge in [-0.3, -0.25) is 4.79 Å². The van der Waals surface area contributed by atoms with E-state index in [1.807, 2.05) is 24.3 Å². The van der Waals surface area contributed by atoms with Crippen molar-refractivity contribution in [3.8, 4) is 0 Å². The van der Waals surface area contributed by atoms with E-state index in [0.29, 0.717) is 18.1 Å². The Morgan fingerprint density at radius 3 is 2.57 bits per heavy atom. The Bertz CT molecular complexity index is 329. The first-order valence-corrected chi connectivity index (χ1v) is 5.40. The molecule has 0 N–H and O–H groups in total. The quantitative estimate of drug-likeness (QED) is 0.690. The van der Waals surface area contributed by atoms with Crippen LogP contribution < -0.4 is 0 Å². The molecule has 0 spiro atoms. The fraction of sp³-hybridized carbons (Fsp3) is 0.417. The third-order valence-electron chi connectivity index (χ3n) is 2.82. The van der Waals surface area contributed by atoms with E-state index in [1.54, 1.807) is 0 Å². The van der Waals surface area contributed by atoms with Crippen LogP contribution in [0.15, 0.2) is 24.3 Å². The van der Waals surface area contributed by atoms with Gasteiger partial charge in [0.25, 0.3) is 0 Å². The fourth-order valence-corrected chi connectivity index (χ4v) is 2.17. The van der Waals surface area contributed by atoms with E-state index in [9.17, 15) is 4.79 Å². The molecule has 0 amide bonds. The van der Waals surface area contributed by atoms with Crippen LogP contribution in [0.5, 0.6) is 0 Å². The van der Waals surface area contributed by atoms with Crippen LogP contribution in [-0.2, 0) is 4.79 Å². The SMILES string of the molecule is O=C1CCC[C@@H](c2ccc(Cl)cc2)C1. The first-order valence-electron chi connectivity index (χ1n) is 5.03. The first-order chi connectivity index (χ1) is 6.75. The molecule has 2 rings (SSSR count). The van der Waals surface area contributed by atoms with Gasteiger partial charge in [0.2, 0.25) is 0 Å².